The zero-order valence-corrected chi connectivity index (χ0v) is 7.64. The van der Waals surface area contributed by atoms with Crippen LogP contribution in [0.2, 0.25) is 0 Å². The molecule has 2 N–H and O–H groups in total. The van der Waals surface area contributed by atoms with E-state index in [1.165, 1.54) is 6.42 Å². The van der Waals surface area contributed by atoms with Gasteiger partial charge in [0.25, 0.3) is 0 Å². The first kappa shape index (κ1) is 7.61. The molecule has 1 aromatic heterocycles. The Morgan fingerprint density at radius 2 is 2.14 bits per heavy atom. The van der Waals surface area contributed by atoms with Gasteiger partial charge >= 0.3 is 0 Å². The number of hydrogen-bond acceptors (Lipinski definition) is 4. The monoisotopic (exact) mass is 188 g/mol. The summed E-state index contributed by atoms with van der Waals surface area (Å²) >= 11 is 0. The highest BCUT2D eigenvalue weighted by atomic mass is 15.4. The van der Waals surface area contributed by atoms with Crippen LogP contribution in [0, 0.1) is 0 Å². The van der Waals surface area contributed by atoms with E-state index >= 15 is 0 Å². The molecule has 0 unspecified atom stereocenters. The molecule has 71 valence electrons. The third-order valence-corrected chi connectivity index (χ3v) is 2.57. The second-order valence-corrected chi connectivity index (χ2v) is 3.47. The van der Waals surface area contributed by atoms with Crippen LogP contribution < -0.4 is 16.1 Å². The maximum absolute atomic E-state index is 5.62. The molecule has 0 amide bonds. The molecule has 5 heteroatoms. The van der Waals surface area contributed by atoms with E-state index in [-0.39, 0.29) is 0 Å². The van der Waals surface area contributed by atoms with Crippen LogP contribution in [0.15, 0.2) is 17.2 Å². The van der Waals surface area contributed by atoms with Crippen molar-refractivity contribution in [3.63, 3.8) is 0 Å². The lowest BCUT2D eigenvalue weighted by Gasteiger charge is -2.32. The Bertz CT molecular complexity index is 408. The molecule has 1 fully saturated rings. The van der Waals surface area contributed by atoms with Crippen molar-refractivity contribution in [2.45, 2.75) is 6.42 Å². The van der Waals surface area contributed by atoms with Crippen LogP contribution in [0.1, 0.15) is 12.0 Å². The van der Waals surface area contributed by atoms with Crippen molar-refractivity contribution in [3.8, 4) is 0 Å². The number of fused-ring (bicyclic) bond motifs is 1. The minimum atomic E-state index is 0.461. The van der Waals surface area contributed by atoms with Crippen molar-refractivity contribution in [2.24, 2.45) is 10.8 Å². The van der Waals surface area contributed by atoms with E-state index in [1.54, 1.807) is 0 Å². The van der Waals surface area contributed by atoms with Crippen LogP contribution in [0.4, 0.5) is 11.6 Å². The number of rotatable bonds is 1. The second-order valence-electron chi connectivity index (χ2n) is 3.47. The average molecular weight is 188 g/mol. The molecule has 1 radical (unpaired) electrons. The summed E-state index contributed by atoms with van der Waals surface area (Å²) in [6, 6.07) is 3.91. The largest absolute Gasteiger partial charge is 0.382 e. The molecule has 5 nitrogen and oxygen atoms in total. The minimum absolute atomic E-state index is 0.461. The van der Waals surface area contributed by atoms with Gasteiger partial charge in [0, 0.05) is 13.1 Å². The molecule has 0 bridgehead atoms. The zero-order chi connectivity index (χ0) is 9.54. The summed E-state index contributed by atoms with van der Waals surface area (Å²) in [7, 11) is 0. The van der Waals surface area contributed by atoms with Gasteiger partial charge in [0.15, 0.2) is 11.7 Å². The van der Waals surface area contributed by atoms with E-state index < -0.39 is 0 Å². The molecule has 2 aliphatic rings. The van der Waals surface area contributed by atoms with Gasteiger partial charge in [-0.2, -0.15) is 0 Å². The molecular formula is C9H10N5. The van der Waals surface area contributed by atoms with Gasteiger partial charge in [-0.1, -0.05) is 0 Å². The van der Waals surface area contributed by atoms with E-state index in [4.69, 9.17) is 5.73 Å². The third-order valence-electron chi connectivity index (χ3n) is 2.57. The van der Waals surface area contributed by atoms with E-state index in [2.05, 4.69) is 20.4 Å². The summed E-state index contributed by atoms with van der Waals surface area (Å²) in [5.41, 5.74) is 10.4. The smallest absolute Gasteiger partial charge is 0.187 e. The Balaban J connectivity index is 1.97. The molecule has 0 aromatic carbocycles. The molecule has 0 saturated carbocycles. The van der Waals surface area contributed by atoms with Gasteiger partial charge in [-0.3, -0.25) is 0 Å². The Morgan fingerprint density at radius 1 is 1.29 bits per heavy atom. The van der Waals surface area contributed by atoms with Gasteiger partial charge in [-0.05, 0) is 18.6 Å². The summed E-state index contributed by atoms with van der Waals surface area (Å²) in [5.74, 6) is 2.08. The lowest BCUT2D eigenvalue weighted by atomic mass is 10.2. The van der Waals surface area contributed by atoms with Crippen molar-refractivity contribution in [1.82, 2.24) is 10.4 Å². The number of anilines is 1. The number of nitrogens with zero attached hydrogens (tertiary/aromatic N) is 4. The molecule has 3 heterocycles. The van der Waals surface area contributed by atoms with Gasteiger partial charge in [0.1, 0.15) is 5.82 Å². The Kier molecular flexibility index (Phi) is 1.41. The number of amidine groups is 1. The highest BCUT2D eigenvalue weighted by molar-refractivity contribution is 6.03. The molecule has 3 rings (SSSR count). The van der Waals surface area contributed by atoms with Crippen LogP contribution in [0.5, 0.6) is 0 Å². The fraction of sp³-hybridized carbons (Fsp3) is 0.333. The molecule has 0 atom stereocenters. The average Bonchev–Trinajstić information content (AvgIpc) is 2.45. The Morgan fingerprint density at radius 3 is 2.86 bits per heavy atom. The third kappa shape index (κ3) is 0.951. The fourth-order valence-electron chi connectivity index (χ4n) is 1.59. The van der Waals surface area contributed by atoms with Crippen molar-refractivity contribution >= 4 is 17.5 Å². The Hall–Kier alpha value is -1.78. The summed E-state index contributed by atoms with van der Waals surface area (Å²) in [4.78, 5) is 6.60. The summed E-state index contributed by atoms with van der Waals surface area (Å²) in [6.07, 6.45) is 1.24. The maximum atomic E-state index is 5.62. The summed E-state index contributed by atoms with van der Waals surface area (Å²) in [6.45, 7) is 2.17. The quantitative estimate of drug-likeness (QED) is 0.682. The first-order valence-electron chi connectivity index (χ1n) is 4.65. The first-order chi connectivity index (χ1) is 6.84. The lowest BCUT2D eigenvalue weighted by molar-refractivity contribution is 0.609. The van der Waals surface area contributed by atoms with Crippen LogP contribution in [0.25, 0.3) is 0 Å². The lowest BCUT2D eigenvalue weighted by Crippen LogP contribution is -2.37. The number of nitrogens with two attached hydrogens (primary N) is 1. The molecule has 1 aromatic rings. The summed E-state index contributed by atoms with van der Waals surface area (Å²) < 4.78 is 0. The van der Waals surface area contributed by atoms with Crippen molar-refractivity contribution in [2.75, 3.05) is 18.0 Å². The van der Waals surface area contributed by atoms with E-state index in [0.29, 0.717) is 11.7 Å². The van der Waals surface area contributed by atoms with Gasteiger partial charge in [0.05, 0.1) is 5.56 Å². The highest BCUT2D eigenvalue weighted by Gasteiger charge is 2.21. The number of hydrogen-bond donors (Lipinski definition) is 1. The number of pyridine rings is 1. The van der Waals surface area contributed by atoms with Crippen molar-refractivity contribution in [1.29, 1.82) is 0 Å². The van der Waals surface area contributed by atoms with E-state index in [1.807, 2.05) is 12.1 Å². The van der Waals surface area contributed by atoms with Gasteiger partial charge in [0.2, 0.25) is 0 Å². The minimum Gasteiger partial charge on any atom is -0.382 e. The van der Waals surface area contributed by atoms with Gasteiger partial charge in [-0.25, -0.2) is 4.98 Å². The maximum Gasteiger partial charge on any atom is 0.187 e. The second kappa shape index (κ2) is 2.60. The topological polar surface area (TPSA) is 68.6 Å². The van der Waals surface area contributed by atoms with E-state index in [9.17, 15) is 0 Å². The zero-order valence-electron chi connectivity index (χ0n) is 7.64. The SMILES string of the molecule is NC1=N[N]c2nc(N3CCC3)ccc21. The molecule has 0 spiro atoms. The van der Waals surface area contributed by atoms with Gasteiger partial charge in [-0.15, -0.1) is 10.5 Å². The molecule has 1 saturated heterocycles. The van der Waals surface area contributed by atoms with Crippen molar-refractivity contribution < 1.29 is 0 Å². The number of aromatic nitrogens is 1. The van der Waals surface area contributed by atoms with Crippen molar-refractivity contribution in [3.05, 3.63) is 17.7 Å². The predicted octanol–water partition coefficient (Wildman–Crippen LogP) is 0.161. The standard InChI is InChI=1S/C9H10N5/c10-8-6-2-3-7(14-4-1-5-14)11-9(6)13-12-8/h2-3H,1,4-5H2,(H2,10,12). The first-order valence-corrected chi connectivity index (χ1v) is 4.65. The van der Waals surface area contributed by atoms with Gasteiger partial charge < -0.3 is 10.6 Å². The normalized spacial score (nSPS) is 18.3. The fourth-order valence-corrected chi connectivity index (χ4v) is 1.59. The molecular weight excluding hydrogens is 178 g/mol. The highest BCUT2D eigenvalue weighted by Crippen LogP contribution is 2.24. The molecule has 2 aliphatic heterocycles. The Labute approximate surface area is 81.6 Å². The van der Waals surface area contributed by atoms with E-state index in [0.717, 1.165) is 24.5 Å². The predicted molar refractivity (Wildman–Crippen MR) is 53.6 cm³/mol. The van der Waals surface area contributed by atoms with Crippen LogP contribution in [0.3, 0.4) is 0 Å². The summed E-state index contributed by atoms with van der Waals surface area (Å²) in [5, 5.41) is 3.79. The van der Waals surface area contributed by atoms with Crippen LogP contribution in [-0.2, 0) is 0 Å². The molecule has 14 heavy (non-hydrogen) atoms. The van der Waals surface area contributed by atoms with Crippen LogP contribution in [-0.4, -0.2) is 23.9 Å². The molecule has 0 aliphatic carbocycles. The van der Waals surface area contributed by atoms with Crippen LogP contribution >= 0.6 is 0 Å².